The molecule has 2 aromatic rings. The minimum Gasteiger partial charge on any atom is -0.381 e. The zero-order valence-electron chi connectivity index (χ0n) is 11.2. The molecule has 98 valence electrons. The van der Waals surface area contributed by atoms with Gasteiger partial charge < -0.3 is 10.2 Å². The minimum atomic E-state index is 0.520. The summed E-state index contributed by atoms with van der Waals surface area (Å²) >= 11 is 0. The second-order valence-corrected chi connectivity index (χ2v) is 5.05. The van der Waals surface area contributed by atoms with Gasteiger partial charge in [0.2, 0.25) is 0 Å². The standard InChI is InChI=1S/C16H19N3/c1-13-11-18-15-6-2-3-7-16(15)19(13)10-8-14-5-4-9-17-12-14/h2-7,9,12-13,18H,8,10-11H2,1H3. The number of pyridine rings is 1. The summed E-state index contributed by atoms with van der Waals surface area (Å²) in [5.74, 6) is 0. The van der Waals surface area contributed by atoms with Crippen LogP contribution in [0.5, 0.6) is 0 Å². The van der Waals surface area contributed by atoms with Gasteiger partial charge in [-0.3, -0.25) is 4.98 Å². The molecule has 0 fully saturated rings. The van der Waals surface area contributed by atoms with Crippen molar-refractivity contribution in [2.75, 3.05) is 23.3 Å². The highest BCUT2D eigenvalue weighted by atomic mass is 15.2. The number of rotatable bonds is 3. The van der Waals surface area contributed by atoms with E-state index < -0.39 is 0 Å². The molecule has 1 aromatic carbocycles. The van der Waals surface area contributed by atoms with E-state index in [1.54, 1.807) is 0 Å². The molecule has 0 bridgehead atoms. The first kappa shape index (κ1) is 12.0. The van der Waals surface area contributed by atoms with Crippen molar-refractivity contribution in [3.05, 3.63) is 54.4 Å². The van der Waals surface area contributed by atoms with Gasteiger partial charge in [0.15, 0.2) is 0 Å². The third kappa shape index (κ3) is 2.55. The van der Waals surface area contributed by atoms with E-state index in [-0.39, 0.29) is 0 Å². The summed E-state index contributed by atoms with van der Waals surface area (Å²) < 4.78 is 0. The minimum absolute atomic E-state index is 0.520. The number of hydrogen-bond donors (Lipinski definition) is 1. The van der Waals surface area contributed by atoms with Crippen molar-refractivity contribution in [3.63, 3.8) is 0 Å². The van der Waals surface area contributed by atoms with E-state index in [1.807, 2.05) is 18.5 Å². The first-order chi connectivity index (χ1) is 9.34. The Morgan fingerprint density at radius 3 is 3.00 bits per heavy atom. The largest absolute Gasteiger partial charge is 0.381 e. The molecule has 3 nitrogen and oxygen atoms in total. The fraction of sp³-hybridized carbons (Fsp3) is 0.312. The Kier molecular flexibility index (Phi) is 3.36. The van der Waals surface area contributed by atoms with Crippen molar-refractivity contribution in [2.24, 2.45) is 0 Å². The second-order valence-electron chi connectivity index (χ2n) is 5.05. The van der Waals surface area contributed by atoms with Crippen molar-refractivity contribution in [2.45, 2.75) is 19.4 Å². The maximum atomic E-state index is 4.18. The fourth-order valence-electron chi connectivity index (χ4n) is 2.62. The van der Waals surface area contributed by atoms with Crippen LogP contribution >= 0.6 is 0 Å². The van der Waals surface area contributed by atoms with Crippen LogP contribution in [-0.2, 0) is 6.42 Å². The fourth-order valence-corrected chi connectivity index (χ4v) is 2.62. The Hall–Kier alpha value is -2.03. The van der Waals surface area contributed by atoms with Gasteiger partial charge in [0.25, 0.3) is 0 Å². The van der Waals surface area contributed by atoms with Crippen molar-refractivity contribution >= 4 is 11.4 Å². The molecule has 1 atom stereocenters. The molecule has 0 radical (unpaired) electrons. The summed E-state index contributed by atoms with van der Waals surface area (Å²) in [4.78, 5) is 6.67. The average molecular weight is 253 g/mol. The number of para-hydroxylation sites is 2. The first-order valence-corrected chi connectivity index (χ1v) is 6.83. The normalized spacial score (nSPS) is 17.7. The van der Waals surface area contributed by atoms with E-state index in [9.17, 15) is 0 Å². The molecule has 1 unspecified atom stereocenters. The number of fused-ring (bicyclic) bond motifs is 1. The van der Waals surface area contributed by atoms with Gasteiger partial charge in [0.05, 0.1) is 11.4 Å². The molecule has 3 heteroatoms. The van der Waals surface area contributed by atoms with Gasteiger partial charge >= 0.3 is 0 Å². The van der Waals surface area contributed by atoms with Gasteiger partial charge in [0.1, 0.15) is 0 Å². The molecule has 0 amide bonds. The van der Waals surface area contributed by atoms with Gasteiger partial charge in [-0.2, -0.15) is 0 Å². The molecule has 1 aliphatic heterocycles. The van der Waals surface area contributed by atoms with Crippen LogP contribution in [0.15, 0.2) is 48.8 Å². The smallest absolute Gasteiger partial charge is 0.0605 e. The maximum Gasteiger partial charge on any atom is 0.0605 e. The number of hydrogen-bond acceptors (Lipinski definition) is 3. The third-order valence-corrected chi connectivity index (χ3v) is 3.70. The van der Waals surface area contributed by atoms with Crippen LogP contribution in [0.1, 0.15) is 12.5 Å². The summed E-state index contributed by atoms with van der Waals surface area (Å²) in [5.41, 5.74) is 3.85. The Morgan fingerprint density at radius 2 is 2.16 bits per heavy atom. The highest BCUT2D eigenvalue weighted by Crippen LogP contribution is 2.30. The van der Waals surface area contributed by atoms with Crippen molar-refractivity contribution in [1.82, 2.24) is 4.98 Å². The monoisotopic (exact) mass is 253 g/mol. The van der Waals surface area contributed by atoms with Crippen LogP contribution in [0.25, 0.3) is 0 Å². The highest BCUT2D eigenvalue weighted by molar-refractivity contribution is 5.72. The molecule has 0 spiro atoms. The Morgan fingerprint density at radius 1 is 1.26 bits per heavy atom. The zero-order valence-corrected chi connectivity index (χ0v) is 11.2. The van der Waals surface area contributed by atoms with Crippen molar-refractivity contribution < 1.29 is 0 Å². The van der Waals surface area contributed by atoms with Crippen LogP contribution in [-0.4, -0.2) is 24.1 Å². The number of aromatic nitrogens is 1. The topological polar surface area (TPSA) is 28.2 Å². The zero-order chi connectivity index (χ0) is 13.1. The summed E-state index contributed by atoms with van der Waals surface area (Å²) in [7, 11) is 0. The van der Waals surface area contributed by atoms with Crippen molar-refractivity contribution in [3.8, 4) is 0 Å². The van der Waals surface area contributed by atoms with Gasteiger partial charge in [-0.1, -0.05) is 18.2 Å². The molecule has 19 heavy (non-hydrogen) atoms. The lowest BCUT2D eigenvalue weighted by molar-refractivity contribution is 0.640. The second kappa shape index (κ2) is 5.31. The quantitative estimate of drug-likeness (QED) is 0.911. The first-order valence-electron chi connectivity index (χ1n) is 6.83. The molecule has 1 aromatic heterocycles. The van der Waals surface area contributed by atoms with E-state index in [0.717, 1.165) is 19.5 Å². The lowest BCUT2D eigenvalue weighted by Crippen LogP contribution is -2.43. The lowest BCUT2D eigenvalue weighted by Gasteiger charge is -2.37. The molecule has 1 N–H and O–H groups in total. The number of nitrogens with one attached hydrogen (secondary N) is 1. The van der Waals surface area contributed by atoms with E-state index in [2.05, 4.69) is 52.5 Å². The Labute approximate surface area is 114 Å². The molecule has 0 aliphatic carbocycles. The number of benzene rings is 1. The van der Waals surface area contributed by atoms with Crippen LogP contribution in [0.4, 0.5) is 11.4 Å². The third-order valence-electron chi connectivity index (χ3n) is 3.70. The molecular formula is C16H19N3. The van der Waals surface area contributed by atoms with Crippen molar-refractivity contribution in [1.29, 1.82) is 0 Å². The summed E-state index contributed by atoms with van der Waals surface area (Å²) in [6.07, 6.45) is 4.82. The predicted octanol–water partition coefficient (Wildman–Crippen LogP) is 2.94. The highest BCUT2D eigenvalue weighted by Gasteiger charge is 2.21. The molecule has 0 saturated carbocycles. The molecule has 0 saturated heterocycles. The van der Waals surface area contributed by atoms with E-state index in [4.69, 9.17) is 0 Å². The van der Waals surface area contributed by atoms with Gasteiger partial charge in [-0.15, -0.1) is 0 Å². The average Bonchev–Trinajstić information content (AvgIpc) is 2.47. The Balaban J connectivity index is 1.77. The summed E-state index contributed by atoms with van der Waals surface area (Å²) in [6, 6.07) is 13.2. The van der Waals surface area contributed by atoms with Crippen LogP contribution in [0.3, 0.4) is 0 Å². The van der Waals surface area contributed by atoms with Crippen LogP contribution < -0.4 is 10.2 Å². The molecule has 2 heterocycles. The lowest BCUT2D eigenvalue weighted by atomic mass is 10.1. The maximum absolute atomic E-state index is 4.18. The Bertz CT molecular complexity index is 539. The number of anilines is 2. The van der Waals surface area contributed by atoms with E-state index in [1.165, 1.54) is 16.9 Å². The van der Waals surface area contributed by atoms with E-state index in [0.29, 0.717) is 6.04 Å². The molecular weight excluding hydrogens is 234 g/mol. The van der Waals surface area contributed by atoms with Crippen LogP contribution in [0, 0.1) is 0 Å². The van der Waals surface area contributed by atoms with Crippen LogP contribution in [0.2, 0.25) is 0 Å². The molecule has 3 rings (SSSR count). The number of nitrogens with zero attached hydrogens (tertiary/aromatic N) is 2. The summed E-state index contributed by atoms with van der Waals surface area (Å²) in [5, 5.41) is 3.49. The van der Waals surface area contributed by atoms with E-state index >= 15 is 0 Å². The van der Waals surface area contributed by atoms with Gasteiger partial charge in [0, 0.05) is 31.5 Å². The van der Waals surface area contributed by atoms with Gasteiger partial charge in [-0.05, 0) is 37.1 Å². The summed E-state index contributed by atoms with van der Waals surface area (Å²) in [6.45, 7) is 4.31. The molecule has 1 aliphatic rings. The van der Waals surface area contributed by atoms with Gasteiger partial charge in [-0.25, -0.2) is 0 Å². The SMILES string of the molecule is CC1CNc2ccccc2N1CCc1cccnc1. The predicted molar refractivity (Wildman–Crippen MR) is 79.7 cm³/mol.